The minimum atomic E-state index is -0.444. The summed E-state index contributed by atoms with van der Waals surface area (Å²) >= 11 is 0. The average Bonchev–Trinajstić information content (AvgIpc) is 4.36. The van der Waals surface area contributed by atoms with Crippen LogP contribution < -0.4 is 5.32 Å². The van der Waals surface area contributed by atoms with Crippen LogP contribution in [0.3, 0.4) is 0 Å². The number of hydrogen-bond donors (Lipinski definition) is 1. The normalized spacial score (nSPS) is 21.0. The van der Waals surface area contributed by atoms with Crippen LogP contribution in [0.15, 0.2) is 226 Å². The second-order valence-corrected chi connectivity index (χ2v) is 21.7. The molecule has 4 nitrogen and oxygen atoms in total. The van der Waals surface area contributed by atoms with Crippen molar-refractivity contribution in [3.8, 4) is 33.4 Å². The van der Waals surface area contributed by atoms with Crippen LogP contribution in [0.25, 0.3) is 77.9 Å². The number of nitrogens with one attached hydrogen (secondary N) is 1. The Hall–Kier alpha value is -8.47. The van der Waals surface area contributed by atoms with E-state index in [1.165, 1.54) is 94.1 Å². The first-order valence-corrected chi connectivity index (χ1v) is 27.0. The summed E-state index contributed by atoms with van der Waals surface area (Å²) in [6.07, 6.45) is 10.1. The first kappa shape index (κ1) is 44.1. The third-order valence-corrected chi connectivity index (χ3v) is 18.2. The Balaban J connectivity index is 0.937. The SMILES string of the molecule is C/C=C(\C=C(/C)n1c2ccccc2c2ccc3c(c21)-c1ccccc1C31c2ccccc2-c2ccccc21)C1=C(C)C(C)C(C2c3ccccc3-c3ccccc3C2C)NC(C2CC=Cc3c2oc2ccccc32)=N1. The Morgan fingerprint density at radius 2 is 1.23 bits per heavy atom. The molecule has 75 heavy (non-hydrogen) atoms. The highest BCUT2D eigenvalue weighted by molar-refractivity contribution is 6.17. The predicted octanol–water partition coefficient (Wildman–Crippen LogP) is 17.7. The van der Waals surface area contributed by atoms with Gasteiger partial charge in [-0.1, -0.05) is 202 Å². The van der Waals surface area contributed by atoms with Crippen LogP contribution >= 0.6 is 0 Å². The minimum Gasteiger partial charge on any atom is -0.460 e. The summed E-state index contributed by atoms with van der Waals surface area (Å²) in [5.41, 5.74) is 24.7. The second kappa shape index (κ2) is 16.5. The summed E-state index contributed by atoms with van der Waals surface area (Å²) in [6, 6.07) is 67.9. The van der Waals surface area contributed by atoms with E-state index in [0.29, 0.717) is 0 Å². The van der Waals surface area contributed by atoms with Gasteiger partial charge in [0.05, 0.1) is 28.1 Å². The van der Waals surface area contributed by atoms with Gasteiger partial charge in [-0.25, -0.2) is 4.99 Å². The third kappa shape index (κ3) is 6.02. The van der Waals surface area contributed by atoms with Gasteiger partial charge in [-0.2, -0.15) is 0 Å². The van der Waals surface area contributed by atoms with Crippen molar-refractivity contribution < 1.29 is 4.42 Å². The molecule has 4 heteroatoms. The largest absolute Gasteiger partial charge is 0.460 e. The second-order valence-electron chi connectivity index (χ2n) is 21.7. The number of amidine groups is 1. The maximum atomic E-state index is 6.89. The minimum absolute atomic E-state index is 0.0332. The Bertz CT molecular complexity index is 4190. The summed E-state index contributed by atoms with van der Waals surface area (Å²) in [7, 11) is 0. The maximum absolute atomic E-state index is 6.89. The van der Waals surface area contributed by atoms with Crippen LogP contribution in [-0.2, 0) is 5.41 Å². The van der Waals surface area contributed by atoms with Crippen molar-refractivity contribution in [3.63, 3.8) is 0 Å². The lowest BCUT2D eigenvalue weighted by Crippen LogP contribution is -2.47. The molecule has 0 saturated heterocycles. The van der Waals surface area contributed by atoms with Gasteiger partial charge in [-0.15, -0.1) is 0 Å². The molecule has 2 aromatic heterocycles. The third-order valence-electron chi connectivity index (χ3n) is 18.2. The summed E-state index contributed by atoms with van der Waals surface area (Å²) in [6.45, 7) is 11.7. The average molecular weight is 968 g/mol. The van der Waals surface area contributed by atoms with Crippen LogP contribution in [0.4, 0.5) is 0 Å². The van der Waals surface area contributed by atoms with Gasteiger partial charge in [-0.05, 0) is 130 Å². The van der Waals surface area contributed by atoms with Crippen LogP contribution in [0.2, 0.25) is 0 Å². The zero-order valence-electron chi connectivity index (χ0n) is 43.0. The van der Waals surface area contributed by atoms with Gasteiger partial charge in [0.25, 0.3) is 0 Å². The van der Waals surface area contributed by atoms with Gasteiger partial charge in [0, 0.05) is 44.9 Å². The molecule has 1 aliphatic heterocycles. The molecule has 362 valence electrons. The molecule has 0 radical (unpaired) electrons. The van der Waals surface area contributed by atoms with Crippen molar-refractivity contribution in [2.75, 3.05) is 0 Å². The summed E-state index contributed by atoms with van der Waals surface area (Å²) < 4.78 is 9.45. The topological polar surface area (TPSA) is 42.5 Å². The van der Waals surface area contributed by atoms with Gasteiger partial charge in [0.1, 0.15) is 17.2 Å². The van der Waals surface area contributed by atoms with E-state index in [1.54, 1.807) is 0 Å². The number of aliphatic imine (C=N–C) groups is 1. The first-order chi connectivity index (χ1) is 36.9. The molecule has 10 aromatic rings. The van der Waals surface area contributed by atoms with Crippen molar-refractivity contribution >= 4 is 50.4 Å². The van der Waals surface area contributed by atoms with E-state index >= 15 is 0 Å². The molecule has 0 fully saturated rings. The molecule has 0 bridgehead atoms. The van der Waals surface area contributed by atoms with Crippen molar-refractivity contribution in [3.05, 3.63) is 262 Å². The fourth-order valence-corrected chi connectivity index (χ4v) is 14.8. The first-order valence-electron chi connectivity index (χ1n) is 27.0. The van der Waals surface area contributed by atoms with Crippen LogP contribution in [0, 0.1) is 5.92 Å². The summed E-state index contributed by atoms with van der Waals surface area (Å²) in [4.78, 5) is 5.95. The predicted molar refractivity (Wildman–Crippen MR) is 311 cm³/mol. The van der Waals surface area contributed by atoms with E-state index < -0.39 is 5.41 Å². The molecular formula is C71H57N3O. The van der Waals surface area contributed by atoms with Gasteiger partial charge in [0.15, 0.2) is 0 Å². The number of para-hydroxylation sites is 2. The molecule has 8 aromatic carbocycles. The van der Waals surface area contributed by atoms with Crippen LogP contribution in [0.5, 0.6) is 0 Å². The zero-order chi connectivity index (χ0) is 50.3. The molecule has 3 heterocycles. The number of nitrogens with zero attached hydrogens (tertiary/aromatic N) is 2. The highest BCUT2D eigenvalue weighted by Crippen LogP contribution is 2.64. The van der Waals surface area contributed by atoms with Crippen molar-refractivity contribution in [2.45, 2.75) is 70.3 Å². The highest BCUT2D eigenvalue weighted by Gasteiger charge is 2.52. The fourth-order valence-electron chi connectivity index (χ4n) is 14.8. The number of fused-ring (bicyclic) bond motifs is 20. The van der Waals surface area contributed by atoms with Crippen molar-refractivity contribution in [2.24, 2.45) is 10.9 Å². The number of benzene rings is 8. The number of allylic oxidation sites excluding steroid dienone is 4. The van der Waals surface area contributed by atoms with Crippen LogP contribution in [-0.4, -0.2) is 16.4 Å². The van der Waals surface area contributed by atoms with E-state index in [1.807, 2.05) is 0 Å². The lowest BCUT2D eigenvalue weighted by Gasteiger charge is -2.42. The zero-order valence-corrected chi connectivity index (χ0v) is 43.0. The van der Waals surface area contributed by atoms with E-state index in [9.17, 15) is 0 Å². The van der Waals surface area contributed by atoms with E-state index in [4.69, 9.17) is 9.41 Å². The highest BCUT2D eigenvalue weighted by atomic mass is 16.3. The number of aromatic nitrogens is 1. The monoisotopic (exact) mass is 967 g/mol. The Morgan fingerprint density at radius 1 is 0.627 bits per heavy atom. The lowest BCUT2D eigenvalue weighted by molar-refractivity contribution is 0.360. The molecule has 0 amide bonds. The number of furan rings is 1. The number of rotatable bonds is 5. The molecular weight excluding hydrogens is 911 g/mol. The quantitative estimate of drug-likeness (QED) is 0.175. The Morgan fingerprint density at radius 3 is 1.96 bits per heavy atom. The van der Waals surface area contributed by atoms with Gasteiger partial charge in [-0.3, -0.25) is 0 Å². The smallest absolute Gasteiger partial charge is 0.134 e. The number of hydrogen-bond acceptors (Lipinski definition) is 3. The molecule has 5 aliphatic rings. The molecule has 4 aliphatic carbocycles. The Labute approximate surface area is 438 Å². The van der Waals surface area contributed by atoms with Crippen LogP contribution in [0.1, 0.15) is 103 Å². The van der Waals surface area contributed by atoms with E-state index in [0.717, 1.165) is 51.5 Å². The molecule has 1 spiro atoms. The van der Waals surface area contributed by atoms with Crippen molar-refractivity contribution in [1.82, 2.24) is 9.88 Å². The standard InChI is InChI=1S/C71H57N3O/c1-6-45(40-41(2)74-62-36-19-14-27-51(62)54-38-39-61-65(68(54)74)56-30-13-18-35-60(56)71(61)58-33-16-11-25-49(58)50-26-12-17-34-59(50)71)66-42(3)43(4)67(64-44(5)46-22-7-8-23-47(46)48-24-9-10-29-53(48)64)73-70(72-66)57-32-21-31-55-52-28-15-20-37-63(52)75-69(55)57/h6-31,33-40,43-44,57,64,67H,32H2,1-5H3,(H,72,73)/b41-40+,45-6+. The van der Waals surface area contributed by atoms with E-state index in [-0.39, 0.29) is 29.7 Å². The van der Waals surface area contributed by atoms with Gasteiger partial charge in [0.2, 0.25) is 0 Å². The maximum Gasteiger partial charge on any atom is 0.134 e. The summed E-state index contributed by atoms with van der Waals surface area (Å²) in [5.74, 6) is 2.40. The molecule has 5 atom stereocenters. The molecule has 0 saturated carbocycles. The Kier molecular flexibility index (Phi) is 9.70. The summed E-state index contributed by atoms with van der Waals surface area (Å²) in [5, 5.41) is 7.95. The molecule has 15 rings (SSSR count). The van der Waals surface area contributed by atoms with Gasteiger partial charge < -0.3 is 14.3 Å². The lowest BCUT2D eigenvalue weighted by atomic mass is 9.66. The van der Waals surface area contributed by atoms with Gasteiger partial charge >= 0.3 is 0 Å². The molecule has 5 unspecified atom stereocenters. The fraction of sp³-hybridized carbons (Fsp3) is 0.169. The van der Waals surface area contributed by atoms with Crippen molar-refractivity contribution in [1.29, 1.82) is 0 Å². The molecule has 1 N–H and O–H groups in total. The van der Waals surface area contributed by atoms with E-state index in [2.05, 4.69) is 251 Å².